The number of amides is 2. The Balaban J connectivity index is 3.88. The highest BCUT2D eigenvalue weighted by Crippen LogP contribution is 2.06. The standard InChI is InChI=1S/C11H22N2O3/c1-6-7-13(5)9(14)8-12-10(15)16-11(2,3)4/h6-8H2,1-5H3,(H,12,15). The number of ether oxygens (including phenoxy) is 1. The summed E-state index contributed by atoms with van der Waals surface area (Å²) in [5.41, 5.74) is -0.539. The van der Waals surface area contributed by atoms with Crippen LogP contribution in [-0.2, 0) is 9.53 Å². The Labute approximate surface area is 97.1 Å². The quantitative estimate of drug-likeness (QED) is 0.793. The van der Waals surface area contributed by atoms with Gasteiger partial charge in [0.15, 0.2) is 0 Å². The molecular weight excluding hydrogens is 208 g/mol. The van der Waals surface area contributed by atoms with Crippen molar-refractivity contribution < 1.29 is 14.3 Å². The Kier molecular flexibility index (Phi) is 5.85. The molecule has 0 aliphatic heterocycles. The van der Waals surface area contributed by atoms with Gasteiger partial charge in [-0.1, -0.05) is 6.92 Å². The molecule has 0 spiro atoms. The molecule has 0 fully saturated rings. The van der Waals surface area contributed by atoms with Crippen molar-refractivity contribution in [2.24, 2.45) is 0 Å². The SMILES string of the molecule is CCCN(C)C(=O)CNC(=O)OC(C)(C)C. The summed E-state index contributed by atoms with van der Waals surface area (Å²) in [4.78, 5) is 24.3. The van der Waals surface area contributed by atoms with E-state index in [0.29, 0.717) is 6.54 Å². The second-order valence-electron chi connectivity index (χ2n) is 4.67. The monoisotopic (exact) mass is 230 g/mol. The van der Waals surface area contributed by atoms with Crippen LogP contribution < -0.4 is 5.32 Å². The predicted octanol–water partition coefficient (Wildman–Crippen LogP) is 1.38. The Morgan fingerprint density at radius 1 is 1.31 bits per heavy atom. The highest BCUT2D eigenvalue weighted by atomic mass is 16.6. The van der Waals surface area contributed by atoms with Crippen LogP contribution in [0, 0.1) is 0 Å². The summed E-state index contributed by atoms with van der Waals surface area (Å²) >= 11 is 0. The van der Waals surface area contributed by atoms with Gasteiger partial charge in [-0.15, -0.1) is 0 Å². The average molecular weight is 230 g/mol. The molecule has 0 aromatic rings. The summed E-state index contributed by atoms with van der Waals surface area (Å²) in [6, 6.07) is 0. The average Bonchev–Trinajstić information content (AvgIpc) is 2.11. The molecule has 0 unspecified atom stereocenters. The molecule has 0 radical (unpaired) electrons. The minimum Gasteiger partial charge on any atom is -0.444 e. The minimum absolute atomic E-state index is 0.0224. The third-order valence-corrected chi connectivity index (χ3v) is 1.77. The number of hydrogen-bond acceptors (Lipinski definition) is 3. The van der Waals surface area contributed by atoms with Crippen molar-refractivity contribution in [3.8, 4) is 0 Å². The van der Waals surface area contributed by atoms with Crippen molar-refractivity contribution in [2.75, 3.05) is 20.1 Å². The van der Waals surface area contributed by atoms with E-state index >= 15 is 0 Å². The zero-order valence-electron chi connectivity index (χ0n) is 10.8. The molecule has 5 nitrogen and oxygen atoms in total. The zero-order valence-corrected chi connectivity index (χ0v) is 10.8. The van der Waals surface area contributed by atoms with Gasteiger partial charge in [0, 0.05) is 13.6 Å². The van der Waals surface area contributed by atoms with E-state index in [-0.39, 0.29) is 12.5 Å². The molecule has 0 atom stereocenters. The Hall–Kier alpha value is -1.26. The van der Waals surface area contributed by atoms with Gasteiger partial charge in [-0.2, -0.15) is 0 Å². The van der Waals surface area contributed by atoms with Crippen molar-refractivity contribution in [1.29, 1.82) is 0 Å². The van der Waals surface area contributed by atoms with Crippen LogP contribution in [0.2, 0.25) is 0 Å². The van der Waals surface area contributed by atoms with Gasteiger partial charge in [0.25, 0.3) is 0 Å². The molecule has 0 aromatic carbocycles. The van der Waals surface area contributed by atoms with Crippen LogP contribution in [-0.4, -0.2) is 42.6 Å². The number of carbonyl (C=O) groups excluding carboxylic acids is 2. The fraction of sp³-hybridized carbons (Fsp3) is 0.818. The maximum Gasteiger partial charge on any atom is 0.408 e. The first kappa shape index (κ1) is 14.7. The molecule has 94 valence electrons. The molecule has 0 aliphatic rings. The van der Waals surface area contributed by atoms with Gasteiger partial charge >= 0.3 is 6.09 Å². The maximum atomic E-state index is 11.5. The number of rotatable bonds is 4. The van der Waals surface area contributed by atoms with Crippen molar-refractivity contribution in [3.05, 3.63) is 0 Å². The maximum absolute atomic E-state index is 11.5. The van der Waals surface area contributed by atoms with Crippen LogP contribution in [0.15, 0.2) is 0 Å². The van der Waals surface area contributed by atoms with Crippen LogP contribution >= 0.6 is 0 Å². The lowest BCUT2D eigenvalue weighted by Crippen LogP contribution is -2.40. The van der Waals surface area contributed by atoms with Crippen LogP contribution in [0.3, 0.4) is 0 Å². The third-order valence-electron chi connectivity index (χ3n) is 1.77. The van der Waals surface area contributed by atoms with Crippen molar-refractivity contribution >= 4 is 12.0 Å². The van der Waals surface area contributed by atoms with E-state index < -0.39 is 11.7 Å². The number of alkyl carbamates (subject to hydrolysis) is 1. The van der Waals surface area contributed by atoms with Crippen LogP contribution in [0.5, 0.6) is 0 Å². The lowest BCUT2D eigenvalue weighted by molar-refractivity contribution is -0.129. The van der Waals surface area contributed by atoms with E-state index in [9.17, 15) is 9.59 Å². The van der Waals surface area contributed by atoms with E-state index in [4.69, 9.17) is 4.74 Å². The molecule has 0 rings (SSSR count). The van der Waals surface area contributed by atoms with Gasteiger partial charge in [0.05, 0.1) is 0 Å². The molecule has 5 heteroatoms. The molecule has 0 heterocycles. The molecule has 0 saturated heterocycles. The summed E-state index contributed by atoms with van der Waals surface area (Å²) in [7, 11) is 1.71. The summed E-state index contributed by atoms with van der Waals surface area (Å²) in [5.74, 6) is -0.118. The van der Waals surface area contributed by atoms with Crippen LogP contribution in [0.25, 0.3) is 0 Å². The summed E-state index contributed by atoms with van der Waals surface area (Å²) in [6.45, 7) is 7.98. The number of carbonyl (C=O) groups is 2. The summed E-state index contributed by atoms with van der Waals surface area (Å²) in [6.07, 6.45) is 0.333. The van der Waals surface area contributed by atoms with Crippen molar-refractivity contribution in [2.45, 2.75) is 39.7 Å². The highest BCUT2D eigenvalue weighted by molar-refractivity contribution is 5.82. The van der Waals surface area contributed by atoms with E-state index in [1.54, 1.807) is 32.7 Å². The summed E-state index contributed by atoms with van der Waals surface area (Å²) < 4.78 is 5.01. The van der Waals surface area contributed by atoms with E-state index in [1.165, 1.54) is 0 Å². The molecule has 0 aromatic heterocycles. The largest absolute Gasteiger partial charge is 0.444 e. The normalized spacial score (nSPS) is 10.8. The number of likely N-dealkylation sites (N-methyl/N-ethyl adjacent to an activating group) is 1. The molecule has 0 aliphatic carbocycles. The van der Waals surface area contributed by atoms with Crippen molar-refractivity contribution in [3.63, 3.8) is 0 Å². The number of nitrogens with zero attached hydrogens (tertiary/aromatic N) is 1. The van der Waals surface area contributed by atoms with Gasteiger partial charge in [0.1, 0.15) is 12.1 Å². The zero-order chi connectivity index (χ0) is 12.8. The third kappa shape index (κ3) is 7.09. The van der Waals surface area contributed by atoms with Gasteiger partial charge in [-0.25, -0.2) is 4.79 Å². The van der Waals surface area contributed by atoms with Crippen molar-refractivity contribution in [1.82, 2.24) is 10.2 Å². The lowest BCUT2D eigenvalue weighted by Gasteiger charge is -2.20. The van der Waals surface area contributed by atoms with E-state index in [1.807, 2.05) is 6.92 Å². The molecule has 2 amide bonds. The van der Waals surface area contributed by atoms with Gasteiger partial charge in [-0.3, -0.25) is 4.79 Å². The Morgan fingerprint density at radius 3 is 2.31 bits per heavy atom. The summed E-state index contributed by atoms with van der Waals surface area (Å²) in [5, 5.41) is 2.43. The molecule has 0 bridgehead atoms. The first-order valence-corrected chi connectivity index (χ1v) is 5.47. The lowest BCUT2D eigenvalue weighted by atomic mass is 10.2. The van der Waals surface area contributed by atoms with Gasteiger partial charge in [-0.05, 0) is 27.2 Å². The second kappa shape index (κ2) is 6.35. The number of hydrogen-bond donors (Lipinski definition) is 1. The fourth-order valence-corrected chi connectivity index (χ4v) is 1.06. The van der Waals surface area contributed by atoms with E-state index in [0.717, 1.165) is 6.42 Å². The highest BCUT2D eigenvalue weighted by Gasteiger charge is 2.17. The Morgan fingerprint density at radius 2 is 1.88 bits per heavy atom. The smallest absolute Gasteiger partial charge is 0.408 e. The topological polar surface area (TPSA) is 58.6 Å². The minimum atomic E-state index is -0.564. The van der Waals surface area contributed by atoms with Gasteiger partial charge in [0.2, 0.25) is 5.91 Å². The number of nitrogens with one attached hydrogen (secondary N) is 1. The first-order valence-electron chi connectivity index (χ1n) is 5.47. The molecule has 1 N–H and O–H groups in total. The second-order valence-corrected chi connectivity index (χ2v) is 4.67. The molecule has 0 saturated carbocycles. The Bertz CT molecular complexity index is 246. The first-order chi connectivity index (χ1) is 7.26. The fourth-order valence-electron chi connectivity index (χ4n) is 1.06. The molecule has 16 heavy (non-hydrogen) atoms. The molecular formula is C11H22N2O3. The predicted molar refractivity (Wildman–Crippen MR) is 62.2 cm³/mol. The van der Waals surface area contributed by atoms with Crippen LogP contribution in [0.1, 0.15) is 34.1 Å². The van der Waals surface area contributed by atoms with E-state index in [2.05, 4.69) is 5.32 Å². The van der Waals surface area contributed by atoms with Gasteiger partial charge < -0.3 is 15.0 Å². The van der Waals surface area contributed by atoms with Crippen LogP contribution in [0.4, 0.5) is 4.79 Å².